The van der Waals surface area contributed by atoms with Crippen molar-refractivity contribution in [2.24, 2.45) is 0 Å². The summed E-state index contributed by atoms with van der Waals surface area (Å²) in [4.78, 5) is 0. The molecule has 0 radical (unpaired) electrons. The highest BCUT2D eigenvalue weighted by Crippen LogP contribution is 2.45. The molecule has 1 aliphatic heterocycles. The second-order valence-electron chi connectivity index (χ2n) is 11.2. The van der Waals surface area contributed by atoms with Crippen LogP contribution in [-0.2, 0) is 4.74 Å². The van der Waals surface area contributed by atoms with Crippen LogP contribution < -0.4 is 8.85 Å². The van der Waals surface area contributed by atoms with E-state index in [0.717, 1.165) is 11.3 Å². The summed E-state index contributed by atoms with van der Waals surface area (Å²) in [5.41, 5.74) is 0.797. The zero-order valence-electron chi connectivity index (χ0n) is 19.8. The minimum Gasteiger partial charge on any atom is -0.541 e. The van der Waals surface area contributed by atoms with Gasteiger partial charge in [-0.1, -0.05) is 47.6 Å². The van der Waals surface area contributed by atoms with E-state index in [1.807, 2.05) is 18.2 Å². The molecule has 5 nitrogen and oxygen atoms in total. The highest BCUT2D eigenvalue weighted by atomic mass is 28.4. The minimum absolute atomic E-state index is 0.0385. The zero-order chi connectivity index (χ0) is 22.4. The van der Waals surface area contributed by atoms with E-state index >= 15 is 0 Å². The van der Waals surface area contributed by atoms with Crippen LogP contribution in [0.3, 0.4) is 0 Å². The molecule has 166 valence electrons. The van der Waals surface area contributed by atoms with Crippen LogP contribution in [0.2, 0.25) is 36.3 Å². The Kier molecular flexibility index (Phi) is 6.73. The summed E-state index contributed by atoms with van der Waals surface area (Å²) in [6.45, 7) is 22.2. The first-order valence-corrected chi connectivity index (χ1v) is 16.3. The van der Waals surface area contributed by atoms with E-state index in [1.54, 1.807) is 0 Å². The van der Waals surface area contributed by atoms with Crippen LogP contribution in [0.5, 0.6) is 11.5 Å². The van der Waals surface area contributed by atoms with Gasteiger partial charge in [0.05, 0.1) is 6.61 Å². The molecular formula is C22H40O5Si2. The van der Waals surface area contributed by atoms with Gasteiger partial charge in [0.1, 0.15) is 29.8 Å². The molecule has 0 aromatic heterocycles. The van der Waals surface area contributed by atoms with Crippen molar-refractivity contribution in [1.82, 2.24) is 0 Å². The molecule has 3 atom stereocenters. The molecule has 2 N–H and O–H groups in total. The van der Waals surface area contributed by atoms with Gasteiger partial charge in [-0.15, -0.1) is 0 Å². The van der Waals surface area contributed by atoms with Crippen molar-refractivity contribution in [2.75, 3.05) is 6.61 Å². The largest absolute Gasteiger partial charge is 0.541 e. The van der Waals surface area contributed by atoms with E-state index < -0.39 is 34.9 Å². The number of benzene rings is 1. The van der Waals surface area contributed by atoms with Gasteiger partial charge in [-0.05, 0) is 54.0 Å². The van der Waals surface area contributed by atoms with E-state index in [2.05, 4.69) is 67.7 Å². The fourth-order valence-electron chi connectivity index (χ4n) is 2.62. The number of hydrogen-bond acceptors (Lipinski definition) is 5. The molecule has 7 heteroatoms. The number of hydrogen-bond donors (Lipinski definition) is 2. The Morgan fingerprint density at radius 1 is 0.862 bits per heavy atom. The van der Waals surface area contributed by atoms with Gasteiger partial charge in [0.15, 0.2) is 0 Å². The van der Waals surface area contributed by atoms with Gasteiger partial charge in [0, 0.05) is 0 Å². The highest BCUT2D eigenvalue weighted by Gasteiger charge is 2.43. The number of rotatable bonds is 5. The second kappa shape index (κ2) is 8.00. The Bertz CT molecular complexity index is 719. The monoisotopic (exact) mass is 440 g/mol. The number of aliphatic hydroxyl groups is 2. The van der Waals surface area contributed by atoms with Crippen molar-refractivity contribution < 1.29 is 23.8 Å². The number of ether oxygens (including phenoxy) is 1. The molecule has 0 unspecified atom stereocenters. The maximum Gasteiger partial charge on any atom is 0.250 e. The molecule has 0 saturated carbocycles. The van der Waals surface area contributed by atoms with Crippen molar-refractivity contribution >= 4 is 16.6 Å². The van der Waals surface area contributed by atoms with Gasteiger partial charge in [-0.25, -0.2) is 0 Å². The second-order valence-corrected chi connectivity index (χ2v) is 20.7. The predicted molar refractivity (Wildman–Crippen MR) is 123 cm³/mol. The summed E-state index contributed by atoms with van der Waals surface area (Å²) >= 11 is 0. The topological polar surface area (TPSA) is 68.2 Å². The van der Waals surface area contributed by atoms with Crippen LogP contribution in [0, 0.1) is 0 Å². The molecule has 0 aliphatic carbocycles. The first kappa shape index (κ1) is 24.4. The average molecular weight is 441 g/mol. The Morgan fingerprint density at radius 2 is 1.34 bits per heavy atom. The predicted octanol–water partition coefficient (Wildman–Crippen LogP) is 5.25. The van der Waals surface area contributed by atoms with Gasteiger partial charge in [-0.3, -0.25) is 0 Å². The van der Waals surface area contributed by atoms with Crippen LogP contribution in [0.15, 0.2) is 18.2 Å². The van der Waals surface area contributed by atoms with E-state index in [0.29, 0.717) is 5.75 Å². The molecule has 1 fully saturated rings. The summed E-state index contributed by atoms with van der Waals surface area (Å²) in [5.74, 6) is 1.45. The summed E-state index contributed by atoms with van der Waals surface area (Å²) in [6.07, 6.45) is -2.37. The fraction of sp³-hybridized carbons (Fsp3) is 0.727. The first-order chi connectivity index (χ1) is 13.0. The Balaban J connectivity index is 2.47. The maximum atomic E-state index is 10.3. The van der Waals surface area contributed by atoms with Crippen LogP contribution in [0.1, 0.15) is 53.2 Å². The molecule has 29 heavy (non-hydrogen) atoms. The van der Waals surface area contributed by atoms with Crippen molar-refractivity contribution in [3.8, 4) is 11.5 Å². The normalized spacial score (nSPS) is 23.9. The van der Waals surface area contributed by atoms with Gasteiger partial charge in [0.25, 0.3) is 16.6 Å². The van der Waals surface area contributed by atoms with E-state index in [-0.39, 0.29) is 16.7 Å². The minimum atomic E-state index is -2.11. The van der Waals surface area contributed by atoms with Gasteiger partial charge >= 0.3 is 0 Å². The van der Waals surface area contributed by atoms with Crippen LogP contribution in [0.25, 0.3) is 0 Å². The molecule has 0 amide bonds. The average Bonchev–Trinajstić information content (AvgIpc) is 2.86. The molecule has 1 saturated heterocycles. The highest BCUT2D eigenvalue weighted by molar-refractivity contribution is 6.75. The SMILES string of the molecule is CC(C)(C)[Si](C)(C)Oc1ccc([C@@H]2OC[C@H](O)[C@@H]2O)cc1O[Si](C)(C)C(C)(C)C. The van der Waals surface area contributed by atoms with Crippen LogP contribution in [-0.4, -0.2) is 45.7 Å². The maximum absolute atomic E-state index is 10.3. The smallest absolute Gasteiger partial charge is 0.250 e. The summed E-state index contributed by atoms with van der Waals surface area (Å²) < 4.78 is 18.9. The van der Waals surface area contributed by atoms with Crippen LogP contribution in [0.4, 0.5) is 0 Å². The third-order valence-electron chi connectivity index (χ3n) is 6.79. The third-order valence-corrected chi connectivity index (χ3v) is 15.5. The molecular weight excluding hydrogens is 400 g/mol. The lowest BCUT2D eigenvalue weighted by molar-refractivity contribution is 0.0224. The van der Waals surface area contributed by atoms with Crippen molar-refractivity contribution in [3.63, 3.8) is 0 Å². The van der Waals surface area contributed by atoms with E-state index in [4.69, 9.17) is 13.6 Å². The number of aliphatic hydroxyl groups excluding tert-OH is 2. The van der Waals surface area contributed by atoms with Crippen molar-refractivity contribution in [2.45, 2.75) is 96.1 Å². The molecule has 1 aromatic carbocycles. The Hall–Kier alpha value is -0.866. The third kappa shape index (κ3) is 5.25. The molecule has 0 bridgehead atoms. The Morgan fingerprint density at radius 3 is 1.76 bits per heavy atom. The van der Waals surface area contributed by atoms with Crippen molar-refractivity contribution in [1.29, 1.82) is 0 Å². The summed E-state index contributed by atoms with van der Waals surface area (Å²) in [7, 11) is -4.17. The fourth-order valence-corrected chi connectivity index (χ4v) is 4.66. The van der Waals surface area contributed by atoms with Gasteiger partial charge in [-0.2, -0.15) is 0 Å². The Labute approximate surface area is 178 Å². The zero-order valence-corrected chi connectivity index (χ0v) is 21.8. The molecule has 2 rings (SSSR count). The lowest BCUT2D eigenvalue weighted by atomic mass is 10.0. The molecule has 1 aliphatic rings. The van der Waals surface area contributed by atoms with Gasteiger partial charge in [0.2, 0.25) is 0 Å². The molecule has 1 heterocycles. The lowest BCUT2D eigenvalue weighted by Crippen LogP contribution is -2.45. The van der Waals surface area contributed by atoms with Crippen LogP contribution >= 0.6 is 0 Å². The summed E-state index contributed by atoms with van der Waals surface area (Å²) in [5, 5.41) is 20.3. The van der Waals surface area contributed by atoms with E-state index in [9.17, 15) is 10.2 Å². The standard InChI is InChI=1S/C22H40O5Si2/c1-21(2,3)28(7,8)26-17-12-11-15(20-19(24)16(23)14-25-20)13-18(17)27-29(9,10)22(4,5)6/h11-13,16,19-20,23-24H,14H2,1-10H3/t16-,19-,20-/m0/s1. The molecule has 1 aromatic rings. The summed E-state index contributed by atoms with van der Waals surface area (Å²) in [6, 6.07) is 5.76. The lowest BCUT2D eigenvalue weighted by Gasteiger charge is -2.40. The molecule has 0 spiro atoms. The van der Waals surface area contributed by atoms with Crippen molar-refractivity contribution in [3.05, 3.63) is 23.8 Å². The van der Waals surface area contributed by atoms with E-state index in [1.165, 1.54) is 0 Å². The first-order valence-electron chi connectivity index (χ1n) is 10.5. The quantitative estimate of drug-likeness (QED) is 0.612. The van der Waals surface area contributed by atoms with Gasteiger partial charge < -0.3 is 23.8 Å².